The van der Waals surface area contributed by atoms with Crippen LogP contribution in [0.1, 0.15) is 18.4 Å². The summed E-state index contributed by atoms with van der Waals surface area (Å²) in [5, 5.41) is 4.03. The van der Waals surface area contributed by atoms with Crippen molar-refractivity contribution in [1.29, 1.82) is 0 Å². The Morgan fingerprint density at radius 2 is 1.86 bits per heavy atom. The number of hydrogen-bond acceptors (Lipinski definition) is 3. The van der Waals surface area contributed by atoms with Crippen LogP contribution in [0.5, 0.6) is 0 Å². The van der Waals surface area contributed by atoms with Crippen LogP contribution >= 0.6 is 11.8 Å². The highest BCUT2D eigenvalue weighted by Gasteiger charge is 2.57. The zero-order valence-electron chi connectivity index (χ0n) is 13.1. The fraction of sp³-hybridized carbons (Fsp3) is 0.611. The standard InChI is InChI=1S/C18H24N2OS/c1-12-4-2-3-5-16(12)22-13-6-8-20(9-7-13)18(21)17-14-10-19-11-15(14)17/h2-5,13-15,17,19H,6-11H2,1H3/t14-,15+,17?. The van der Waals surface area contributed by atoms with E-state index >= 15 is 0 Å². The van der Waals surface area contributed by atoms with Crippen molar-refractivity contribution in [1.82, 2.24) is 10.2 Å². The highest BCUT2D eigenvalue weighted by molar-refractivity contribution is 8.00. The Hall–Kier alpha value is -1.00. The van der Waals surface area contributed by atoms with Crippen molar-refractivity contribution >= 4 is 17.7 Å². The average molecular weight is 316 g/mol. The van der Waals surface area contributed by atoms with Crippen LogP contribution < -0.4 is 5.32 Å². The number of likely N-dealkylation sites (tertiary alicyclic amines) is 1. The van der Waals surface area contributed by atoms with E-state index in [1.54, 1.807) is 0 Å². The molecule has 1 aliphatic carbocycles. The third-order valence-electron chi connectivity index (χ3n) is 5.52. The fourth-order valence-corrected chi connectivity index (χ4v) is 5.27. The largest absolute Gasteiger partial charge is 0.342 e. The Bertz CT molecular complexity index is 558. The van der Waals surface area contributed by atoms with E-state index in [1.807, 2.05) is 11.8 Å². The summed E-state index contributed by atoms with van der Waals surface area (Å²) in [6.45, 7) is 6.19. The molecule has 0 aromatic heterocycles. The number of benzene rings is 1. The zero-order valence-corrected chi connectivity index (χ0v) is 13.9. The Balaban J connectivity index is 1.29. The van der Waals surface area contributed by atoms with Crippen molar-refractivity contribution in [2.75, 3.05) is 26.2 Å². The highest BCUT2D eigenvalue weighted by atomic mass is 32.2. The van der Waals surface area contributed by atoms with E-state index in [-0.39, 0.29) is 0 Å². The van der Waals surface area contributed by atoms with Gasteiger partial charge in [-0.25, -0.2) is 0 Å². The van der Waals surface area contributed by atoms with Crippen molar-refractivity contribution in [3.8, 4) is 0 Å². The molecule has 2 saturated heterocycles. The Morgan fingerprint density at radius 1 is 1.18 bits per heavy atom. The van der Waals surface area contributed by atoms with Crippen LogP contribution in [0.4, 0.5) is 0 Å². The minimum atomic E-state index is 0.349. The van der Waals surface area contributed by atoms with Crippen molar-refractivity contribution in [3.05, 3.63) is 29.8 Å². The lowest BCUT2D eigenvalue weighted by molar-refractivity contribution is -0.134. The number of amides is 1. The van der Waals surface area contributed by atoms with Crippen LogP contribution in [0.2, 0.25) is 0 Å². The summed E-state index contributed by atoms with van der Waals surface area (Å²) < 4.78 is 0. The molecule has 0 radical (unpaired) electrons. The van der Waals surface area contributed by atoms with E-state index in [4.69, 9.17) is 0 Å². The van der Waals surface area contributed by atoms with E-state index in [0.29, 0.717) is 28.9 Å². The van der Waals surface area contributed by atoms with Crippen molar-refractivity contribution in [2.24, 2.45) is 17.8 Å². The van der Waals surface area contributed by atoms with Crippen molar-refractivity contribution in [2.45, 2.75) is 29.9 Å². The molecule has 0 spiro atoms. The average Bonchev–Trinajstić information content (AvgIpc) is 3.01. The third kappa shape index (κ3) is 2.67. The van der Waals surface area contributed by atoms with Crippen molar-refractivity contribution in [3.63, 3.8) is 0 Å². The molecule has 1 aromatic carbocycles. The normalized spacial score (nSPS) is 31.1. The molecule has 2 heterocycles. The van der Waals surface area contributed by atoms with Gasteiger partial charge in [0.25, 0.3) is 0 Å². The van der Waals surface area contributed by atoms with Crippen LogP contribution in [0, 0.1) is 24.7 Å². The van der Waals surface area contributed by atoms with Gasteiger partial charge in [0.2, 0.25) is 5.91 Å². The molecule has 1 amide bonds. The summed E-state index contributed by atoms with van der Waals surface area (Å²) in [5.74, 6) is 2.08. The molecule has 0 bridgehead atoms. The molecule has 3 aliphatic rings. The van der Waals surface area contributed by atoms with E-state index < -0.39 is 0 Å². The molecular weight excluding hydrogens is 292 g/mol. The number of nitrogens with one attached hydrogen (secondary N) is 1. The van der Waals surface area contributed by atoms with Gasteiger partial charge in [-0.2, -0.15) is 0 Å². The van der Waals surface area contributed by atoms with E-state index in [0.717, 1.165) is 39.0 Å². The minimum absolute atomic E-state index is 0.349. The van der Waals surface area contributed by atoms with E-state index in [2.05, 4.69) is 41.4 Å². The van der Waals surface area contributed by atoms with E-state index in [1.165, 1.54) is 10.5 Å². The van der Waals surface area contributed by atoms with Gasteiger partial charge >= 0.3 is 0 Å². The second-order valence-electron chi connectivity index (χ2n) is 6.92. The van der Waals surface area contributed by atoms with Crippen LogP contribution in [0.15, 0.2) is 29.2 Å². The predicted octanol–water partition coefficient (Wildman–Crippen LogP) is 2.54. The SMILES string of the molecule is Cc1ccccc1SC1CCN(C(=O)C2[C@H]3CNC[C@@H]23)CC1. The summed E-state index contributed by atoms with van der Waals surface area (Å²) in [6, 6.07) is 8.62. The van der Waals surface area contributed by atoms with Gasteiger partial charge in [-0.1, -0.05) is 18.2 Å². The maximum Gasteiger partial charge on any atom is 0.226 e. The number of thioether (sulfide) groups is 1. The minimum Gasteiger partial charge on any atom is -0.342 e. The zero-order chi connectivity index (χ0) is 15.1. The highest BCUT2D eigenvalue weighted by Crippen LogP contribution is 2.49. The molecule has 4 rings (SSSR count). The first-order valence-corrected chi connectivity index (χ1v) is 9.34. The maximum absolute atomic E-state index is 12.6. The Morgan fingerprint density at radius 3 is 2.55 bits per heavy atom. The lowest BCUT2D eigenvalue weighted by Gasteiger charge is -2.32. The molecule has 1 saturated carbocycles. The number of nitrogens with zero attached hydrogens (tertiary/aromatic N) is 1. The number of carbonyl (C=O) groups excluding carboxylic acids is 1. The van der Waals surface area contributed by atoms with Gasteiger partial charge in [-0.15, -0.1) is 11.8 Å². The monoisotopic (exact) mass is 316 g/mol. The number of fused-ring (bicyclic) bond motifs is 1. The molecule has 1 N–H and O–H groups in total. The Kier molecular flexibility index (Phi) is 3.91. The first kappa shape index (κ1) is 14.6. The number of aryl methyl sites for hydroxylation is 1. The van der Waals surface area contributed by atoms with Crippen LogP contribution in [0.3, 0.4) is 0 Å². The first-order valence-electron chi connectivity index (χ1n) is 8.46. The van der Waals surface area contributed by atoms with Gasteiger partial charge in [0.1, 0.15) is 0 Å². The molecule has 3 nitrogen and oxygen atoms in total. The topological polar surface area (TPSA) is 32.3 Å². The quantitative estimate of drug-likeness (QED) is 0.930. The second kappa shape index (κ2) is 5.89. The fourth-order valence-electron chi connectivity index (χ4n) is 4.06. The summed E-state index contributed by atoms with van der Waals surface area (Å²) in [7, 11) is 0. The number of piperidine rings is 2. The molecular formula is C18H24N2OS. The molecule has 118 valence electrons. The van der Waals surface area contributed by atoms with Gasteiger partial charge in [0.05, 0.1) is 0 Å². The summed E-state index contributed by atoms with van der Waals surface area (Å²) >= 11 is 2.00. The molecule has 1 unspecified atom stereocenters. The van der Waals surface area contributed by atoms with E-state index in [9.17, 15) is 4.79 Å². The lowest BCUT2D eigenvalue weighted by atomic mass is 10.1. The Labute approximate surface area is 136 Å². The maximum atomic E-state index is 12.6. The molecule has 3 fully saturated rings. The smallest absolute Gasteiger partial charge is 0.226 e. The van der Waals surface area contributed by atoms with Gasteiger partial charge in [0.15, 0.2) is 0 Å². The second-order valence-corrected chi connectivity index (χ2v) is 8.26. The van der Waals surface area contributed by atoms with Crippen LogP contribution in [0.25, 0.3) is 0 Å². The molecule has 22 heavy (non-hydrogen) atoms. The number of carbonyl (C=O) groups is 1. The predicted molar refractivity (Wildman–Crippen MR) is 90.0 cm³/mol. The van der Waals surface area contributed by atoms with Crippen LogP contribution in [-0.4, -0.2) is 42.2 Å². The van der Waals surface area contributed by atoms with Gasteiger partial charge in [0, 0.05) is 29.2 Å². The first-order chi connectivity index (χ1) is 10.7. The van der Waals surface area contributed by atoms with Gasteiger partial charge in [-0.3, -0.25) is 4.79 Å². The summed E-state index contributed by atoms with van der Waals surface area (Å²) in [5.41, 5.74) is 1.37. The van der Waals surface area contributed by atoms with Crippen molar-refractivity contribution < 1.29 is 4.79 Å². The lowest BCUT2D eigenvalue weighted by Crippen LogP contribution is -2.41. The molecule has 3 atom stereocenters. The molecule has 4 heteroatoms. The number of hydrogen-bond donors (Lipinski definition) is 1. The molecule has 2 aliphatic heterocycles. The van der Waals surface area contributed by atoms with Crippen LogP contribution in [-0.2, 0) is 4.79 Å². The molecule has 1 aromatic rings. The van der Waals surface area contributed by atoms with Gasteiger partial charge in [-0.05, 0) is 56.3 Å². The summed E-state index contributed by atoms with van der Waals surface area (Å²) in [4.78, 5) is 16.1. The summed E-state index contributed by atoms with van der Waals surface area (Å²) in [6.07, 6.45) is 2.26. The van der Waals surface area contributed by atoms with Gasteiger partial charge < -0.3 is 10.2 Å². The third-order valence-corrected chi connectivity index (χ3v) is 7.03. The number of rotatable bonds is 3.